The van der Waals surface area contributed by atoms with E-state index >= 15 is 0 Å². The largest absolute Gasteiger partial charge is 0.493 e. The van der Waals surface area contributed by atoms with Gasteiger partial charge in [0, 0.05) is 30.6 Å². The molecule has 154 valence electrons. The number of rotatable bonds is 6. The lowest BCUT2D eigenvalue weighted by molar-refractivity contribution is 0.0633. The highest BCUT2D eigenvalue weighted by Gasteiger charge is 2.26. The summed E-state index contributed by atoms with van der Waals surface area (Å²) in [6, 6.07) is 14.4. The fourth-order valence-corrected chi connectivity index (χ4v) is 3.67. The number of ether oxygens (including phenoxy) is 1. The quantitative estimate of drug-likeness (QED) is 0.761. The van der Waals surface area contributed by atoms with E-state index in [0.717, 1.165) is 25.1 Å². The number of hydrogen-bond acceptors (Lipinski definition) is 3. The first-order chi connectivity index (χ1) is 13.9. The van der Waals surface area contributed by atoms with Gasteiger partial charge in [-0.3, -0.25) is 9.59 Å². The third-order valence-corrected chi connectivity index (χ3v) is 5.26. The van der Waals surface area contributed by atoms with E-state index < -0.39 is 0 Å². The SMILES string of the molecule is CC(C)NC(=O)c1ccc(OCC2CCCN(C(=O)c3ccccc3Cl)C2)cc1. The number of halogens is 1. The first-order valence-corrected chi connectivity index (χ1v) is 10.4. The molecule has 0 spiro atoms. The van der Waals surface area contributed by atoms with Crippen LogP contribution in [0.2, 0.25) is 5.02 Å². The van der Waals surface area contributed by atoms with Gasteiger partial charge in [0.2, 0.25) is 0 Å². The Morgan fingerprint density at radius 1 is 1.17 bits per heavy atom. The lowest BCUT2D eigenvalue weighted by atomic mass is 9.98. The molecular weight excluding hydrogens is 388 g/mol. The molecule has 1 aliphatic heterocycles. The summed E-state index contributed by atoms with van der Waals surface area (Å²) in [7, 11) is 0. The summed E-state index contributed by atoms with van der Waals surface area (Å²) in [6.07, 6.45) is 1.96. The van der Waals surface area contributed by atoms with E-state index in [1.54, 1.807) is 24.3 Å². The Hall–Kier alpha value is -2.53. The van der Waals surface area contributed by atoms with E-state index in [0.29, 0.717) is 29.3 Å². The molecule has 1 atom stereocenters. The zero-order chi connectivity index (χ0) is 20.8. The van der Waals surface area contributed by atoms with Gasteiger partial charge in [0.05, 0.1) is 17.2 Å². The molecule has 1 heterocycles. The maximum absolute atomic E-state index is 12.8. The second-order valence-electron chi connectivity index (χ2n) is 7.70. The van der Waals surface area contributed by atoms with Crippen molar-refractivity contribution in [2.45, 2.75) is 32.7 Å². The molecule has 5 nitrogen and oxygen atoms in total. The van der Waals surface area contributed by atoms with Gasteiger partial charge < -0.3 is 15.0 Å². The minimum Gasteiger partial charge on any atom is -0.493 e. The summed E-state index contributed by atoms with van der Waals surface area (Å²) in [4.78, 5) is 26.7. The third kappa shape index (κ3) is 5.73. The number of nitrogens with one attached hydrogen (secondary N) is 1. The van der Waals surface area contributed by atoms with Crippen molar-refractivity contribution in [2.24, 2.45) is 5.92 Å². The lowest BCUT2D eigenvalue weighted by Gasteiger charge is -2.33. The van der Waals surface area contributed by atoms with Crippen LogP contribution in [-0.2, 0) is 0 Å². The summed E-state index contributed by atoms with van der Waals surface area (Å²) in [6.45, 7) is 5.78. The first-order valence-electron chi connectivity index (χ1n) is 10.0. The topological polar surface area (TPSA) is 58.6 Å². The lowest BCUT2D eigenvalue weighted by Crippen LogP contribution is -2.41. The Morgan fingerprint density at radius 2 is 1.90 bits per heavy atom. The molecule has 6 heteroatoms. The molecule has 0 bridgehead atoms. The molecule has 2 aromatic carbocycles. The summed E-state index contributed by atoms with van der Waals surface area (Å²) in [5.74, 6) is 0.869. The van der Waals surface area contributed by atoms with Crippen molar-refractivity contribution in [1.82, 2.24) is 10.2 Å². The maximum atomic E-state index is 12.8. The van der Waals surface area contributed by atoms with Crippen LogP contribution in [0.4, 0.5) is 0 Å². The van der Waals surface area contributed by atoms with Gasteiger partial charge in [0.15, 0.2) is 0 Å². The molecule has 0 aliphatic carbocycles. The molecule has 1 fully saturated rings. The van der Waals surface area contributed by atoms with Crippen LogP contribution >= 0.6 is 11.6 Å². The number of benzene rings is 2. The van der Waals surface area contributed by atoms with Crippen molar-refractivity contribution < 1.29 is 14.3 Å². The zero-order valence-electron chi connectivity index (χ0n) is 16.9. The molecule has 0 saturated carbocycles. The van der Waals surface area contributed by atoms with E-state index in [-0.39, 0.29) is 23.8 Å². The average molecular weight is 415 g/mol. The standard InChI is InChI=1S/C23H27ClN2O3/c1-16(2)25-22(27)18-9-11-19(12-10-18)29-15-17-6-5-13-26(14-17)23(28)20-7-3-4-8-21(20)24/h3-4,7-12,16-17H,5-6,13-15H2,1-2H3,(H,25,27). The van der Waals surface area contributed by atoms with Crippen LogP contribution in [-0.4, -0.2) is 42.5 Å². The molecule has 2 amide bonds. The predicted molar refractivity (Wildman–Crippen MR) is 115 cm³/mol. The Balaban J connectivity index is 1.54. The van der Waals surface area contributed by atoms with Crippen molar-refractivity contribution in [1.29, 1.82) is 0 Å². The summed E-state index contributed by atoms with van der Waals surface area (Å²) in [5, 5.41) is 3.35. The zero-order valence-corrected chi connectivity index (χ0v) is 17.6. The van der Waals surface area contributed by atoms with Gasteiger partial charge in [0.1, 0.15) is 5.75 Å². The molecule has 1 saturated heterocycles. The van der Waals surface area contributed by atoms with Crippen LogP contribution in [0.25, 0.3) is 0 Å². The Bertz CT molecular complexity index is 851. The Morgan fingerprint density at radius 3 is 2.59 bits per heavy atom. The number of nitrogens with zero attached hydrogens (tertiary/aromatic N) is 1. The fraction of sp³-hybridized carbons (Fsp3) is 0.391. The number of piperidine rings is 1. The van der Waals surface area contributed by atoms with E-state index in [4.69, 9.17) is 16.3 Å². The van der Waals surface area contributed by atoms with Crippen LogP contribution in [0.1, 0.15) is 47.4 Å². The van der Waals surface area contributed by atoms with Gasteiger partial charge in [-0.25, -0.2) is 0 Å². The minimum absolute atomic E-state index is 0.0270. The van der Waals surface area contributed by atoms with Crippen LogP contribution < -0.4 is 10.1 Å². The Kier molecular flexibility index (Phi) is 7.15. The highest BCUT2D eigenvalue weighted by molar-refractivity contribution is 6.33. The monoisotopic (exact) mass is 414 g/mol. The van der Waals surface area contributed by atoms with E-state index in [1.165, 1.54) is 0 Å². The highest BCUT2D eigenvalue weighted by atomic mass is 35.5. The summed E-state index contributed by atoms with van der Waals surface area (Å²) < 4.78 is 5.92. The Labute approximate surface area is 177 Å². The van der Waals surface area contributed by atoms with Crippen molar-refractivity contribution in [3.8, 4) is 5.75 Å². The molecule has 1 aliphatic rings. The van der Waals surface area contributed by atoms with Gasteiger partial charge in [-0.05, 0) is 63.1 Å². The van der Waals surface area contributed by atoms with Gasteiger partial charge in [-0.1, -0.05) is 23.7 Å². The number of carbonyl (C=O) groups excluding carboxylic acids is 2. The molecule has 29 heavy (non-hydrogen) atoms. The second-order valence-corrected chi connectivity index (χ2v) is 8.11. The number of amides is 2. The van der Waals surface area contributed by atoms with E-state index in [2.05, 4.69) is 5.32 Å². The molecule has 0 aromatic heterocycles. The number of hydrogen-bond donors (Lipinski definition) is 1. The van der Waals surface area contributed by atoms with E-state index in [1.807, 2.05) is 43.0 Å². The smallest absolute Gasteiger partial charge is 0.255 e. The van der Waals surface area contributed by atoms with Crippen LogP contribution in [0.5, 0.6) is 5.75 Å². The first kappa shape index (κ1) is 21.2. The van der Waals surface area contributed by atoms with Gasteiger partial charge in [0.25, 0.3) is 11.8 Å². The highest BCUT2D eigenvalue weighted by Crippen LogP contribution is 2.23. The van der Waals surface area contributed by atoms with Gasteiger partial charge in [-0.15, -0.1) is 0 Å². The van der Waals surface area contributed by atoms with Gasteiger partial charge >= 0.3 is 0 Å². The van der Waals surface area contributed by atoms with Crippen molar-refractivity contribution >= 4 is 23.4 Å². The molecular formula is C23H27ClN2O3. The molecule has 1 unspecified atom stereocenters. The fourth-order valence-electron chi connectivity index (χ4n) is 3.45. The van der Waals surface area contributed by atoms with Crippen molar-refractivity contribution in [2.75, 3.05) is 19.7 Å². The second kappa shape index (κ2) is 9.79. The maximum Gasteiger partial charge on any atom is 0.255 e. The molecule has 1 N–H and O–H groups in total. The van der Waals surface area contributed by atoms with Crippen molar-refractivity contribution in [3.63, 3.8) is 0 Å². The molecule has 3 rings (SSSR count). The number of likely N-dealkylation sites (tertiary alicyclic amines) is 1. The average Bonchev–Trinajstić information content (AvgIpc) is 2.72. The summed E-state index contributed by atoms with van der Waals surface area (Å²) >= 11 is 6.18. The van der Waals surface area contributed by atoms with Crippen molar-refractivity contribution in [3.05, 3.63) is 64.7 Å². The van der Waals surface area contributed by atoms with Crippen LogP contribution in [0, 0.1) is 5.92 Å². The van der Waals surface area contributed by atoms with E-state index in [9.17, 15) is 9.59 Å². The minimum atomic E-state index is -0.0902. The van der Waals surface area contributed by atoms with Gasteiger partial charge in [-0.2, -0.15) is 0 Å². The normalized spacial score (nSPS) is 16.6. The third-order valence-electron chi connectivity index (χ3n) is 4.93. The summed E-state index contributed by atoms with van der Waals surface area (Å²) in [5.41, 5.74) is 1.16. The van der Waals surface area contributed by atoms with Crippen LogP contribution in [0.15, 0.2) is 48.5 Å². The predicted octanol–water partition coefficient (Wildman–Crippen LogP) is 4.41. The molecule has 2 aromatic rings. The van der Waals surface area contributed by atoms with Crippen LogP contribution in [0.3, 0.4) is 0 Å². The number of carbonyl (C=O) groups is 2. The molecule has 0 radical (unpaired) electrons.